The van der Waals surface area contributed by atoms with Crippen molar-refractivity contribution < 1.29 is 14.3 Å². The number of aromatic nitrogens is 2. The number of carbonyl (C=O) groups excluding carboxylic acids is 1. The van der Waals surface area contributed by atoms with Gasteiger partial charge in [-0.25, -0.2) is 4.79 Å². The van der Waals surface area contributed by atoms with E-state index in [0.717, 1.165) is 11.1 Å². The predicted molar refractivity (Wildman–Crippen MR) is 94.8 cm³/mol. The zero-order chi connectivity index (χ0) is 18.8. The molecule has 1 amide bonds. The average Bonchev–Trinajstić information content (AvgIpc) is 2.62. The number of ether oxygens (including phenoxy) is 2. The fourth-order valence-electron chi connectivity index (χ4n) is 3.20. The van der Waals surface area contributed by atoms with Crippen molar-refractivity contribution in [2.75, 3.05) is 20.8 Å². The molecule has 0 radical (unpaired) electrons. The van der Waals surface area contributed by atoms with Gasteiger partial charge in [-0.1, -0.05) is 0 Å². The lowest BCUT2D eigenvalue weighted by atomic mass is 9.98. The first-order chi connectivity index (χ1) is 12.4. The first-order valence-electron chi connectivity index (χ1n) is 8.26. The van der Waals surface area contributed by atoms with Crippen molar-refractivity contribution >= 4 is 5.91 Å². The Hall–Kier alpha value is -3.03. The van der Waals surface area contributed by atoms with Crippen LogP contribution in [0, 0.1) is 6.92 Å². The van der Waals surface area contributed by atoms with Crippen molar-refractivity contribution in [1.82, 2.24) is 14.9 Å². The van der Waals surface area contributed by atoms with Gasteiger partial charge in [-0.3, -0.25) is 14.6 Å². The number of nitrogens with one attached hydrogen (secondary N) is 2. The van der Waals surface area contributed by atoms with Crippen LogP contribution in [0.2, 0.25) is 0 Å². The van der Waals surface area contributed by atoms with Crippen LogP contribution < -0.4 is 20.7 Å². The van der Waals surface area contributed by atoms with Crippen molar-refractivity contribution in [2.45, 2.75) is 26.3 Å². The molecule has 1 aromatic heterocycles. The number of aromatic amines is 2. The summed E-state index contributed by atoms with van der Waals surface area (Å²) in [6.07, 6.45) is 0.642. The monoisotopic (exact) mass is 359 g/mol. The highest BCUT2D eigenvalue weighted by Crippen LogP contribution is 2.33. The fraction of sp³-hybridized carbons (Fsp3) is 0.389. The number of hydrogen-bond donors (Lipinski definition) is 2. The Balaban J connectivity index is 1.81. The Kier molecular flexibility index (Phi) is 4.83. The number of aryl methyl sites for hydroxylation is 1. The molecule has 8 heteroatoms. The van der Waals surface area contributed by atoms with Crippen molar-refractivity contribution in [3.63, 3.8) is 0 Å². The molecule has 8 nitrogen and oxygen atoms in total. The maximum Gasteiger partial charge on any atom is 0.325 e. The van der Waals surface area contributed by atoms with E-state index in [4.69, 9.17) is 9.47 Å². The third-order valence-electron chi connectivity index (χ3n) is 4.65. The summed E-state index contributed by atoms with van der Waals surface area (Å²) in [5, 5.41) is 0. The normalized spacial score (nSPS) is 13.3. The van der Waals surface area contributed by atoms with E-state index in [0.29, 0.717) is 36.7 Å². The zero-order valence-corrected chi connectivity index (χ0v) is 15.0. The van der Waals surface area contributed by atoms with Crippen LogP contribution in [0.15, 0.2) is 21.7 Å². The van der Waals surface area contributed by atoms with Gasteiger partial charge in [0.05, 0.1) is 20.6 Å². The molecule has 0 saturated heterocycles. The second kappa shape index (κ2) is 7.07. The number of rotatable bonds is 4. The topological polar surface area (TPSA) is 104 Å². The summed E-state index contributed by atoms with van der Waals surface area (Å²) in [6, 6.07) is 3.82. The van der Waals surface area contributed by atoms with Gasteiger partial charge in [0.25, 0.3) is 5.56 Å². The molecule has 2 N–H and O–H groups in total. The molecule has 0 saturated carbocycles. The van der Waals surface area contributed by atoms with Crippen LogP contribution in [-0.4, -0.2) is 41.5 Å². The van der Waals surface area contributed by atoms with Gasteiger partial charge in [0.2, 0.25) is 5.91 Å². The average molecular weight is 359 g/mol. The first-order valence-corrected chi connectivity index (χ1v) is 8.26. The highest BCUT2D eigenvalue weighted by atomic mass is 16.5. The third-order valence-corrected chi connectivity index (χ3v) is 4.65. The molecule has 1 aliphatic heterocycles. The quantitative estimate of drug-likeness (QED) is 0.828. The van der Waals surface area contributed by atoms with Crippen molar-refractivity contribution in [2.24, 2.45) is 0 Å². The van der Waals surface area contributed by atoms with Crippen LogP contribution in [0.1, 0.15) is 22.4 Å². The SMILES string of the molecule is COc1cc2c(cc1OC)CN(C(=O)Cc1c(C)[nH]c(=O)[nH]c1=O)CC2. The van der Waals surface area contributed by atoms with E-state index >= 15 is 0 Å². The standard InChI is InChI=1S/C18H21N3O5/c1-10-13(17(23)20-18(24)19-10)8-16(22)21-5-4-11-6-14(25-2)15(26-3)7-12(11)9-21/h6-7H,4-5,8-9H2,1-3H3,(H2,19,20,23,24). The molecule has 2 heterocycles. The Morgan fingerprint density at radius 1 is 1.12 bits per heavy atom. The molecule has 0 unspecified atom stereocenters. The highest BCUT2D eigenvalue weighted by Gasteiger charge is 2.24. The van der Waals surface area contributed by atoms with E-state index in [1.54, 1.807) is 26.0 Å². The minimum Gasteiger partial charge on any atom is -0.493 e. The number of hydrogen-bond acceptors (Lipinski definition) is 5. The Morgan fingerprint density at radius 2 is 1.77 bits per heavy atom. The number of carbonyl (C=O) groups is 1. The summed E-state index contributed by atoms with van der Waals surface area (Å²) >= 11 is 0. The Morgan fingerprint density at radius 3 is 2.38 bits per heavy atom. The molecule has 1 aliphatic rings. The Bertz CT molecular complexity index is 960. The number of nitrogens with zero attached hydrogens (tertiary/aromatic N) is 1. The largest absolute Gasteiger partial charge is 0.493 e. The lowest BCUT2D eigenvalue weighted by Gasteiger charge is -2.29. The number of methoxy groups -OCH3 is 2. The molecule has 0 spiro atoms. The molecule has 26 heavy (non-hydrogen) atoms. The number of amides is 1. The molecule has 138 valence electrons. The summed E-state index contributed by atoms with van der Waals surface area (Å²) in [6.45, 7) is 2.61. The molecular formula is C18H21N3O5. The highest BCUT2D eigenvalue weighted by molar-refractivity contribution is 5.79. The summed E-state index contributed by atoms with van der Waals surface area (Å²) in [5.41, 5.74) is 1.71. The minimum atomic E-state index is -0.573. The van der Waals surface area contributed by atoms with E-state index in [-0.39, 0.29) is 17.9 Å². The first kappa shape index (κ1) is 17.8. The van der Waals surface area contributed by atoms with E-state index in [1.807, 2.05) is 12.1 Å². The number of H-pyrrole nitrogens is 2. The van der Waals surface area contributed by atoms with Gasteiger partial charge >= 0.3 is 5.69 Å². The maximum absolute atomic E-state index is 12.7. The van der Waals surface area contributed by atoms with Gasteiger partial charge in [0.15, 0.2) is 11.5 Å². The number of fused-ring (bicyclic) bond motifs is 1. The van der Waals surface area contributed by atoms with Crippen LogP contribution in [-0.2, 0) is 24.2 Å². The smallest absolute Gasteiger partial charge is 0.325 e. The summed E-state index contributed by atoms with van der Waals surface area (Å²) in [4.78, 5) is 42.3. The molecule has 1 aromatic carbocycles. The van der Waals surface area contributed by atoms with Gasteiger partial charge in [0, 0.05) is 24.3 Å². The molecule has 0 aliphatic carbocycles. The molecule has 2 aromatic rings. The molecule has 0 fully saturated rings. The Labute approximate surface area is 149 Å². The molecule has 0 atom stereocenters. The summed E-state index contributed by atoms with van der Waals surface area (Å²) < 4.78 is 10.6. The zero-order valence-electron chi connectivity index (χ0n) is 15.0. The van der Waals surface area contributed by atoms with Crippen molar-refractivity contribution in [3.05, 3.63) is 55.4 Å². The van der Waals surface area contributed by atoms with Crippen molar-refractivity contribution in [1.29, 1.82) is 0 Å². The fourth-order valence-corrected chi connectivity index (χ4v) is 3.20. The minimum absolute atomic E-state index is 0.0550. The van der Waals surface area contributed by atoms with E-state index in [2.05, 4.69) is 9.97 Å². The van der Waals surface area contributed by atoms with Gasteiger partial charge in [-0.2, -0.15) is 0 Å². The molecule has 3 rings (SSSR count). The lowest BCUT2D eigenvalue weighted by molar-refractivity contribution is -0.131. The maximum atomic E-state index is 12.7. The van der Waals surface area contributed by atoms with E-state index < -0.39 is 11.2 Å². The molecule has 0 bridgehead atoms. The van der Waals surface area contributed by atoms with Crippen molar-refractivity contribution in [3.8, 4) is 11.5 Å². The summed E-state index contributed by atoms with van der Waals surface area (Å²) in [7, 11) is 3.16. The number of benzene rings is 1. The van der Waals surface area contributed by atoms with Crippen LogP contribution >= 0.6 is 0 Å². The second-order valence-corrected chi connectivity index (χ2v) is 6.23. The van der Waals surface area contributed by atoms with Gasteiger partial charge in [-0.15, -0.1) is 0 Å². The second-order valence-electron chi connectivity index (χ2n) is 6.23. The van der Waals surface area contributed by atoms with Crippen LogP contribution in [0.4, 0.5) is 0 Å². The van der Waals surface area contributed by atoms with E-state index in [1.165, 1.54) is 0 Å². The van der Waals surface area contributed by atoms with Gasteiger partial charge in [0.1, 0.15) is 0 Å². The molecular weight excluding hydrogens is 338 g/mol. The van der Waals surface area contributed by atoms with Gasteiger partial charge in [-0.05, 0) is 36.6 Å². The van der Waals surface area contributed by atoms with Crippen LogP contribution in [0.5, 0.6) is 11.5 Å². The lowest BCUT2D eigenvalue weighted by Crippen LogP contribution is -2.38. The summed E-state index contributed by atoms with van der Waals surface area (Å²) in [5.74, 6) is 1.13. The third kappa shape index (κ3) is 3.35. The van der Waals surface area contributed by atoms with Gasteiger partial charge < -0.3 is 19.4 Å². The van der Waals surface area contributed by atoms with Crippen LogP contribution in [0.3, 0.4) is 0 Å². The van der Waals surface area contributed by atoms with E-state index in [9.17, 15) is 14.4 Å². The van der Waals surface area contributed by atoms with Crippen LogP contribution in [0.25, 0.3) is 0 Å². The predicted octanol–water partition coefficient (Wildman–Crippen LogP) is 0.516.